The fourth-order valence-electron chi connectivity index (χ4n) is 2.52. The number of rotatable bonds is 7. The van der Waals surface area contributed by atoms with Crippen molar-refractivity contribution in [2.24, 2.45) is 13.0 Å². The molecule has 0 aliphatic rings. The minimum atomic E-state index is 0.488. The molecule has 2 rings (SSSR count). The summed E-state index contributed by atoms with van der Waals surface area (Å²) in [5.74, 6) is 1.49. The highest BCUT2D eigenvalue weighted by atomic mass is 35.5. The van der Waals surface area contributed by atoms with Gasteiger partial charge in [-0.25, -0.2) is 9.97 Å². The summed E-state index contributed by atoms with van der Waals surface area (Å²) in [5.41, 5.74) is 0.795. The minimum absolute atomic E-state index is 0.488. The van der Waals surface area contributed by atoms with Crippen LogP contribution < -0.4 is 0 Å². The van der Waals surface area contributed by atoms with Gasteiger partial charge in [0.1, 0.15) is 11.0 Å². The second kappa shape index (κ2) is 7.18. The third kappa shape index (κ3) is 3.71. The summed E-state index contributed by atoms with van der Waals surface area (Å²) in [6.45, 7) is 9.46. The van der Waals surface area contributed by atoms with Gasteiger partial charge >= 0.3 is 0 Å². The quantitative estimate of drug-likeness (QED) is 0.736. The SMILES string of the molecule is CCC(CC)CN(CC)Cc1nc(Cl)c2cnn(C)c2n1. The fraction of sp³-hybridized carbons (Fsp3) is 0.667. The average Bonchev–Trinajstić information content (AvgIpc) is 2.85. The molecule has 6 heteroatoms. The van der Waals surface area contributed by atoms with Gasteiger partial charge < -0.3 is 0 Å². The molecule has 0 N–H and O–H groups in total. The van der Waals surface area contributed by atoms with E-state index in [-0.39, 0.29) is 0 Å². The van der Waals surface area contributed by atoms with Gasteiger partial charge in [-0.2, -0.15) is 5.10 Å². The first-order chi connectivity index (χ1) is 10.1. The molecule has 2 heterocycles. The molecule has 0 saturated heterocycles. The van der Waals surface area contributed by atoms with Gasteiger partial charge in [0.2, 0.25) is 0 Å². The molecule has 0 unspecified atom stereocenters. The zero-order valence-electron chi connectivity index (χ0n) is 13.3. The second-order valence-electron chi connectivity index (χ2n) is 5.45. The largest absolute Gasteiger partial charge is 0.296 e. The minimum Gasteiger partial charge on any atom is -0.296 e. The van der Waals surface area contributed by atoms with Crippen molar-refractivity contribution in [1.29, 1.82) is 0 Å². The van der Waals surface area contributed by atoms with E-state index in [1.165, 1.54) is 12.8 Å². The van der Waals surface area contributed by atoms with Gasteiger partial charge in [-0.05, 0) is 12.5 Å². The number of aryl methyl sites for hydroxylation is 1. The molecule has 0 aromatic carbocycles. The van der Waals surface area contributed by atoms with Crippen molar-refractivity contribution in [3.63, 3.8) is 0 Å². The summed E-state index contributed by atoms with van der Waals surface area (Å²) in [6, 6.07) is 0. The molecule has 0 fully saturated rings. The van der Waals surface area contributed by atoms with Crippen LogP contribution in [0.5, 0.6) is 0 Å². The average molecular weight is 310 g/mol. The predicted octanol–water partition coefficient (Wildman–Crippen LogP) is 3.27. The molecule has 0 aliphatic heterocycles. The maximum Gasteiger partial charge on any atom is 0.162 e. The molecular formula is C15H24ClN5. The van der Waals surface area contributed by atoms with E-state index < -0.39 is 0 Å². The Bertz CT molecular complexity index is 591. The van der Waals surface area contributed by atoms with Crippen LogP contribution in [0.25, 0.3) is 11.0 Å². The molecular weight excluding hydrogens is 286 g/mol. The highest BCUT2D eigenvalue weighted by molar-refractivity contribution is 6.33. The van der Waals surface area contributed by atoms with Crippen LogP contribution >= 0.6 is 11.6 Å². The lowest BCUT2D eigenvalue weighted by molar-refractivity contribution is 0.221. The predicted molar refractivity (Wildman–Crippen MR) is 86.3 cm³/mol. The van der Waals surface area contributed by atoms with E-state index in [4.69, 9.17) is 11.6 Å². The summed E-state index contributed by atoms with van der Waals surface area (Å²) in [4.78, 5) is 11.4. The molecule has 5 nitrogen and oxygen atoms in total. The summed E-state index contributed by atoms with van der Waals surface area (Å²) in [5, 5.41) is 5.49. The molecule has 116 valence electrons. The summed E-state index contributed by atoms with van der Waals surface area (Å²) >= 11 is 6.24. The Labute approximate surface area is 131 Å². The lowest BCUT2D eigenvalue weighted by Gasteiger charge is -2.24. The zero-order valence-corrected chi connectivity index (χ0v) is 14.1. The Balaban J connectivity index is 2.19. The number of fused-ring (bicyclic) bond motifs is 1. The van der Waals surface area contributed by atoms with E-state index in [2.05, 4.69) is 40.7 Å². The highest BCUT2D eigenvalue weighted by Gasteiger charge is 2.14. The molecule has 0 bridgehead atoms. The van der Waals surface area contributed by atoms with Gasteiger partial charge in [0, 0.05) is 13.6 Å². The fourth-order valence-corrected chi connectivity index (χ4v) is 2.75. The lowest BCUT2D eigenvalue weighted by atomic mass is 10.0. The Hall–Kier alpha value is -1.20. The first kappa shape index (κ1) is 16.2. The van der Waals surface area contributed by atoms with Gasteiger partial charge in [0.05, 0.1) is 18.1 Å². The molecule has 0 spiro atoms. The molecule has 0 amide bonds. The Morgan fingerprint density at radius 2 is 1.95 bits per heavy atom. The maximum absolute atomic E-state index is 6.24. The van der Waals surface area contributed by atoms with Crippen LogP contribution in [0.15, 0.2) is 6.20 Å². The van der Waals surface area contributed by atoms with Crippen molar-refractivity contribution in [2.75, 3.05) is 13.1 Å². The van der Waals surface area contributed by atoms with Crippen LogP contribution in [0.1, 0.15) is 39.4 Å². The van der Waals surface area contributed by atoms with Gasteiger partial charge in [0.25, 0.3) is 0 Å². The zero-order chi connectivity index (χ0) is 15.4. The highest BCUT2D eigenvalue weighted by Crippen LogP contribution is 2.20. The maximum atomic E-state index is 6.24. The van der Waals surface area contributed by atoms with Gasteiger partial charge in [-0.1, -0.05) is 45.2 Å². The van der Waals surface area contributed by atoms with E-state index in [0.717, 1.165) is 42.4 Å². The normalized spacial score (nSPS) is 12.0. The number of hydrogen-bond donors (Lipinski definition) is 0. The van der Waals surface area contributed by atoms with Crippen LogP contribution in [-0.2, 0) is 13.6 Å². The van der Waals surface area contributed by atoms with Crippen LogP contribution in [0, 0.1) is 5.92 Å². The van der Waals surface area contributed by atoms with Crippen molar-refractivity contribution in [2.45, 2.75) is 40.2 Å². The Morgan fingerprint density at radius 1 is 1.24 bits per heavy atom. The Kier molecular flexibility index (Phi) is 5.53. The van der Waals surface area contributed by atoms with E-state index in [1.54, 1.807) is 10.9 Å². The molecule has 2 aromatic rings. The topological polar surface area (TPSA) is 46.8 Å². The summed E-state index contributed by atoms with van der Waals surface area (Å²) in [6.07, 6.45) is 4.12. The van der Waals surface area contributed by atoms with E-state index in [1.807, 2.05) is 7.05 Å². The number of nitrogens with zero attached hydrogens (tertiary/aromatic N) is 5. The van der Waals surface area contributed by atoms with Gasteiger partial charge in [0.15, 0.2) is 5.65 Å². The molecule has 0 atom stereocenters. The standard InChI is InChI=1S/C15H24ClN5/c1-5-11(6-2)9-21(7-3)10-13-18-14(16)12-8-17-20(4)15(12)19-13/h8,11H,5-7,9-10H2,1-4H3. The summed E-state index contributed by atoms with van der Waals surface area (Å²) < 4.78 is 1.74. The van der Waals surface area contributed by atoms with Crippen LogP contribution in [0.2, 0.25) is 5.15 Å². The number of halogens is 1. The molecule has 2 aromatic heterocycles. The van der Waals surface area contributed by atoms with Crippen molar-refractivity contribution in [1.82, 2.24) is 24.6 Å². The van der Waals surface area contributed by atoms with Gasteiger partial charge in [-0.3, -0.25) is 9.58 Å². The molecule has 0 aliphatic carbocycles. The number of hydrogen-bond acceptors (Lipinski definition) is 4. The summed E-state index contributed by atoms with van der Waals surface area (Å²) in [7, 11) is 1.87. The smallest absolute Gasteiger partial charge is 0.162 e. The monoisotopic (exact) mass is 309 g/mol. The first-order valence-electron chi connectivity index (χ1n) is 7.65. The van der Waals surface area contributed by atoms with Crippen molar-refractivity contribution >= 4 is 22.6 Å². The van der Waals surface area contributed by atoms with E-state index >= 15 is 0 Å². The van der Waals surface area contributed by atoms with Crippen molar-refractivity contribution in [3.8, 4) is 0 Å². The molecule has 0 radical (unpaired) electrons. The van der Waals surface area contributed by atoms with Crippen LogP contribution in [0.3, 0.4) is 0 Å². The first-order valence-corrected chi connectivity index (χ1v) is 8.03. The van der Waals surface area contributed by atoms with Gasteiger partial charge in [-0.15, -0.1) is 0 Å². The third-order valence-corrected chi connectivity index (χ3v) is 4.36. The van der Waals surface area contributed by atoms with Crippen molar-refractivity contribution < 1.29 is 0 Å². The molecule has 0 saturated carbocycles. The van der Waals surface area contributed by atoms with Crippen LogP contribution in [0.4, 0.5) is 0 Å². The van der Waals surface area contributed by atoms with E-state index in [0.29, 0.717) is 5.15 Å². The van der Waals surface area contributed by atoms with E-state index in [9.17, 15) is 0 Å². The number of aromatic nitrogens is 4. The molecule has 21 heavy (non-hydrogen) atoms. The van der Waals surface area contributed by atoms with Crippen molar-refractivity contribution in [3.05, 3.63) is 17.2 Å². The van der Waals surface area contributed by atoms with Crippen LogP contribution in [-0.4, -0.2) is 37.7 Å². The lowest BCUT2D eigenvalue weighted by Crippen LogP contribution is -2.29. The Morgan fingerprint density at radius 3 is 2.57 bits per heavy atom. The second-order valence-corrected chi connectivity index (χ2v) is 5.80. The third-order valence-electron chi connectivity index (χ3n) is 4.08.